The summed E-state index contributed by atoms with van der Waals surface area (Å²) >= 11 is -0.128. The number of rotatable bonds is 6. The first-order valence-corrected chi connectivity index (χ1v) is 8.89. The van der Waals surface area contributed by atoms with Gasteiger partial charge >= 0.3 is 15.6 Å². The Morgan fingerprint density at radius 2 is 1.21 bits per heavy atom. The van der Waals surface area contributed by atoms with Crippen LogP contribution in [0.25, 0.3) is 0 Å². The fraction of sp³-hybridized carbons (Fsp3) is 1.00. The Bertz CT molecular complexity index is 359. The second-order valence-electron chi connectivity index (χ2n) is 5.56. The number of phosphoric acid groups is 2. The molecule has 0 bridgehead atoms. The lowest BCUT2D eigenvalue weighted by Crippen LogP contribution is -2.24. The van der Waals surface area contributed by atoms with E-state index in [1.54, 1.807) is 41.5 Å². The van der Waals surface area contributed by atoms with E-state index in [0.29, 0.717) is 0 Å². The molecule has 0 spiro atoms. The summed E-state index contributed by atoms with van der Waals surface area (Å²) < 4.78 is 41.8. The molecule has 0 heterocycles. The summed E-state index contributed by atoms with van der Waals surface area (Å²) in [6.45, 7) is 9.77. The van der Waals surface area contributed by atoms with E-state index >= 15 is 0 Å². The first-order chi connectivity index (χ1) is 8.12. The SMILES string of the molecule is CC(C)(C)OP(=O)(OSOP(=O)(O)O)OC(C)(C)C. The molecule has 19 heavy (non-hydrogen) atoms. The zero-order valence-electron chi connectivity index (χ0n) is 11.6. The molecule has 0 aliphatic heterocycles. The van der Waals surface area contributed by atoms with E-state index < -0.39 is 26.8 Å². The minimum absolute atomic E-state index is 0.128. The maximum Gasteiger partial charge on any atom is 0.488 e. The van der Waals surface area contributed by atoms with Gasteiger partial charge in [0.05, 0.1) is 11.2 Å². The first-order valence-electron chi connectivity index (χ1n) is 5.24. The lowest BCUT2D eigenvalue weighted by atomic mass is 10.2. The molecule has 0 saturated heterocycles. The van der Waals surface area contributed by atoms with Gasteiger partial charge in [0.1, 0.15) is 0 Å². The molecule has 0 aliphatic carbocycles. The first kappa shape index (κ1) is 19.6. The van der Waals surface area contributed by atoms with Crippen molar-refractivity contribution in [3.8, 4) is 0 Å². The zero-order valence-corrected chi connectivity index (χ0v) is 14.3. The average molecular weight is 338 g/mol. The van der Waals surface area contributed by atoms with Gasteiger partial charge in [-0.1, -0.05) is 0 Å². The van der Waals surface area contributed by atoms with Crippen molar-refractivity contribution in [2.24, 2.45) is 0 Å². The third kappa shape index (κ3) is 12.1. The molecular formula is C8H20O8P2S. The van der Waals surface area contributed by atoms with Crippen LogP contribution in [-0.2, 0) is 26.1 Å². The summed E-state index contributed by atoms with van der Waals surface area (Å²) in [7, 11) is -8.80. The van der Waals surface area contributed by atoms with E-state index in [2.05, 4.69) is 7.94 Å². The van der Waals surface area contributed by atoms with Gasteiger partial charge in [0.15, 0.2) is 12.3 Å². The molecule has 0 aromatic carbocycles. The molecule has 0 amide bonds. The molecule has 0 aromatic heterocycles. The Kier molecular flexibility index (Phi) is 6.75. The van der Waals surface area contributed by atoms with Gasteiger partial charge in [-0.05, 0) is 41.5 Å². The van der Waals surface area contributed by atoms with Crippen LogP contribution >= 0.6 is 28.0 Å². The van der Waals surface area contributed by atoms with Crippen LogP contribution in [0.3, 0.4) is 0 Å². The maximum atomic E-state index is 12.3. The van der Waals surface area contributed by atoms with E-state index in [1.165, 1.54) is 0 Å². The Morgan fingerprint density at radius 3 is 1.47 bits per heavy atom. The zero-order chi connectivity index (χ0) is 15.5. The van der Waals surface area contributed by atoms with Gasteiger partial charge in [0, 0.05) is 0 Å². The van der Waals surface area contributed by atoms with Crippen molar-refractivity contribution in [1.82, 2.24) is 0 Å². The summed E-state index contributed by atoms with van der Waals surface area (Å²) in [6, 6.07) is 0. The monoisotopic (exact) mass is 338 g/mol. The molecule has 8 nitrogen and oxygen atoms in total. The van der Waals surface area contributed by atoms with Crippen molar-refractivity contribution in [2.45, 2.75) is 52.7 Å². The predicted octanol–water partition coefficient (Wildman–Crippen LogP) is 3.41. The average Bonchev–Trinajstić information content (AvgIpc) is 1.90. The van der Waals surface area contributed by atoms with E-state index in [0.717, 1.165) is 0 Å². The Hall–Kier alpha value is 0.570. The fourth-order valence-corrected chi connectivity index (χ4v) is 3.40. The third-order valence-electron chi connectivity index (χ3n) is 1.02. The minimum Gasteiger partial charge on any atom is -0.302 e. The predicted molar refractivity (Wildman–Crippen MR) is 71.1 cm³/mol. The van der Waals surface area contributed by atoms with Crippen molar-refractivity contribution in [1.29, 1.82) is 0 Å². The summed E-state index contributed by atoms with van der Waals surface area (Å²) in [4.78, 5) is 17.0. The molecule has 0 rings (SSSR count). The Morgan fingerprint density at radius 1 is 0.842 bits per heavy atom. The van der Waals surface area contributed by atoms with Crippen molar-refractivity contribution in [3.63, 3.8) is 0 Å². The summed E-state index contributed by atoms with van der Waals surface area (Å²) in [5.41, 5.74) is -1.69. The summed E-state index contributed by atoms with van der Waals surface area (Å²) in [6.07, 6.45) is 0. The maximum absolute atomic E-state index is 12.3. The highest BCUT2D eigenvalue weighted by molar-refractivity contribution is 7.96. The number of hydrogen-bond donors (Lipinski definition) is 2. The molecule has 2 N–H and O–H groups in total. The van der Waals surface area contributed by atoms with Gasteiger partial charge in [-0.25, -0.2) is 9.13 Å². The van der Waals surface area contributed by atoms with Crippen molar-refractivity contribution in [3.05, 3.63) is 0 Å². The lowest BCUT2D eigenvalue weighted by Gasteiger charge is -2.29. The van der Waals surface area contributed by atoms with Crippen LogP contribution in [0.15, 0.2) is 0 Å². The highest BCUT2D eigenvalue weighted by atomic mass is 32.2. The van der Waals surface area contributed by atoms with Gasteiger partial charge in [-0.15, -0.1) is 0 Å². The summed E-state index contributed by atoms with van der Waals surface area (Å²) in [5, 5.41) is 0. The Balaban J connectivity index is 4.78. The van der Waals surface area contributed by atoms with Crippen LogP contribution in [0, 0.1) is 0 Å². The van der Waals surface area contributed by atoms with Crippen LogP contribution in [-0.4, -0.2) is 21.0 Å². The van der Waals surface area contributed by atoms with Crippen LogP contribution < -0.4 is 0 Å². The number of hydrogen-bond acceptors (Lipinski definition) is 7. The highest BCUT2D eigenvalue weighted by Crippen LogP contribution is 2.59. The second kappa shape index (κ2) is 6.56. The molecule has 0 aliphatic rings. The molecule has 0 atom stereocenters. The van der Waals surface area contributed by atoms with Crippen molar-refractivity contribution >= 4 is 28.0 Å². The van der Waals surface area contributed by atoms with Crippen LogP contribution in [0.4, 0.5) is 0 Å². The van der Waals surface area contributed by atoms with Crippen LogP contribution in [0.2, 0.25) is 0 Å². The highest BCUT2D eigenvalue weighted by Gasteiger charge is 2.38. The molecule has 11 heteroatoms. The minimum atomic E-state index is -4.75. The van der Waals surface area contributed by atoms with Gasteiger partial charge in [0.2, 0.25) is 0 Å². The van der Waals surface area contributed by atoms with E-state index in [-0.39, 0.29) is 12.3 Å². The lowest BCUT2D eigenvalue weighted by molar-refractivity contribution is 0.0246. The van der Waals surface area contributed by atoms with E-state index in [9.17, 15) is 9.13 Å². The van der Waals surface area contributed by atoms with Crippen LogP contribution in [0.1, 0.15) is 41.5 Å². The Labute approximate surface area is 117 Å². The van der Waals surface area contributed by atoms with Gasteiger partial charge in [-0.3, -0.25) is 9.05 Å². The normalized spacial score (nSPS) is 14.7. The third-order valence-corrected chi connectivity index (χ3v) is 4.56. The van der Waals surface area contributed by atoms with Gasteiger partial charge in [-0.2, -0.15) is 7.94 Å². The smallest absolute Gasteiger partial charge is 0.302 e. The molecule has 0 aromatic rings. The number of phosphoric ester groups is 1. The quantitative estimate of drug-likeness (QED) is 0.555. The second-order valence-corrected chi connectivity index (χ2v) is 9.13. The largest absolute Gasteiger partial charge is 0.488 e. The standard InChI is InChI=1S/C8H20O8P2S/c1-7(2,3)13-18(12,14-8(4,5)6)16-19-15-17(9,10)11/h1-6H3,(H2,9,10,11). The topological polar surface area (TPSA) is 112 Å². The van der Waals surface area contributed by atoms with E-state index in [4.69, 9.17) is 18.8 Å². The van der Waals surface area contributed by atoms with E-state index in [1.807, 2.05) is 0 Å². The molecule has 116 valence electrons. The fourth-order valence-electron chi connectivity index (χ4n) is 0.810. The van der Waals surface area contributed by atoms with Crippen LogP contribution in [0.5, 0.6) is 0 Å². The molecule has 0 unspecified atom stereocenters. The molecular weight excluding hydrogens is 318 g/mol. The van der Waals surface area contributed by atoms with Gasteiger partial charge in [0.25, 0.3) is 0 Å². The van der Waals surface area contributed by atoms with Crippen molar-refractivity contribution in [2.75, 3.05) is 0 Å². The molecule has 0 fully saturated rings. The molecule has 0 saturated carbocycles. The van der Waals surface area contributed by atoms with Crippen molar-refractivity contribution < 1.29 is 35.9 Å². The van der Waals surface area contributed by atoms with Gasteiger partial charge < -0.3 is 9.79 Å². The summed E-state index contributed by atoms with van der Waals surface area (Å²) in [5.74, 6) is 0. The molecule has 0 radical (unpaired) electrons.